The van der Waals surface area contributed by atoms with E-state index in [1.54, 1.807) is 146 Å². The van der Waals surface area contributed by atoms with Crippen molar-refractivity contribution in [3.8, 4) is 11.4 Å². The molecule has 0 bridgehead atoms. The van der Waals surface area contributed by atoms with Gasteiger partial charge in [0.1, 0.15) is 0 Å². The van der Waals surface area contributed by atoms with E-state index >= 15 is 0 Å². The number of carbonyl (C=O) groups is 4. The molecular formula is C60H58BN15O9. The largest absolute Gasteiger partial charge is 0.494 e. The molecule has 0 spiro atoms. The zero-order chi connectivity index (χ0) is 58.2. The number of imidazole rings is 3. The van der Waals surface area contributed by atoms with Crippen molar-refractivity contribution in [2.45, 2.75) is 73.4 Å². The summed E-state index contributed by atoms with van der Waals surface area (Å²) in [6.45, 7) is 8.05. The number of aromatic nitrogens is 12. The zero-order valence-corrected chi connectivity index (χ0v) is 44.9. The molecule has 0 aliphatic carbocycles. The van der Waals surface area contributed by atoms with Gasteiger partial charge in [0.2, 0.25) is 0 Å². The van der Waals surface area contributed by atoms with Crippen LogP contribution in [-0.4, -0.2) is 111 Å². The molecule has 3 aliphatic rings. The van der Waals surface area contributed by atoms with Crippen LogP contribution in [0.2, 0.25) is 0 Å². The van der Waals surface area contributed by atoms with E-state index in [0.717, 1.165) is 32.0 Å². The Kier molecular flexibility index (Phi) is 16.7. The van der Waals surface area contributed by atoms with Crippen molar-refractivity contribution < 1.29 is 28.5 Å². The van der Waals surface area contributed by atoms with E-state index in [4.69, 9.17) is 15.0 Å². The summed E-state index contributed by atoms with van der Waals surface area (Å²) < 4.78 is 15.9. The number of aromatic amines is 4. The summed E-state index contributed by atoms with van der Waals surface area (Å²) in [6.07, 6.45) is 15.4. The Morgan fingerprint density at radius 3 is 1.26 bits per heavy atom. The van der Waals surface area contributed by atoms with Crippen molar-refractivity contribution in [1.82, 2.24) is 69.5 Å². The van der Waals surface area contributed by atoms with E-state index in [1.807, 2.05) is 50.6 Å². The molecule has 1 fully saturated rings. The quantitative estimate of drug-likeness (QED) is 0.0838. The van der Waals surface area contributed by atoms with Crippen LogP contribution < -0.4 is 27.9 Å². The number of nitrogens with zero attached hydrogens (tertiary/aromatic N) is 10. The summed E-state index contributed by atoms with van der Waals surface area (Å²) in [7, 11) is -0.615. The highest BCUT2D eigenvalue weighted by Gasteiger charge is 2.52. The van der Waals surface area contributed by atoms with Crippen LogP contribution in [0.25, 0.3) is 43.7 Å². The lowest BCUT2D eigenvalue weighted by molar-refractivity contribution is 0.00578. The first-order chi connectivity index (χ1) is 40.0. The first-order valence-corrected chi connectivity index (χ1v) is 25.9. The Bertz CT molecular complexity index is 4380. The molecule has 6 aromatic heterocycles. The summed E-state index contributed by atoms with van der Waals surface area (Å²) in [5.41, 5.74) is 9.15. The van der Waals surface area contributed by atoms with Gasteiger partial charge in [0.15, 0.2) is 0 Å². The van der Waals surface area contributed by atoms with Gasteiger partial charge < -0.3 is 29.2 Å². The number of carbonyl (C=O) groups excluding carboxylic acids is 4. The predicted octanol–water partition coefficient (Wildman–Crippen LogP) is 6.17. The molecule has 0 saturated carbocycles. The van der Waals surface area contributed by atoms with E-state index in [2.05, 4.69) is 50.5 Å². The third-order valence-electron chi connectivity index (χ3n) is 14.7. The Labute approximate surface area is 484 Å². The van der Waals surface area contributed by atoms with Gasteiger partial charge in [-0.2, -0.15) is 15.3 Å². The molecule has 85 heavy (non-hydrogen) atoms. The van der Waals surface area contributed by atoms with Gasteiger partial charge in [-0.1, -0.05) is 51.3 Å². The van der Waals surface area contributed by atoms with Crippen LogP contribution in [0.4, 0.5) is 0 Å². The van der Waals surface area contributed by atoms with E-state index in [9.17, 15) is 33.6 Å². The van der Waals surface area contributed by atoms with Crippen molar-refractivity contribution in [2.24, 2.45) is 5.73 Å². The summed E-state index contributed by atoms with van der Waals surface area (Å²) in [5.74, 6) is -1.50. The van der Waals surface area contributed by atoms with Gasteiger partial charge >= 0.3 is 7.12 Å². The fourth-order valence-electron chi connectivity index (χ4n) is 9.60. The Morgan fingerprint density at radius 1 is 0.494 bits per heavy atom. The molecule has 24 nitrogen and oxygen atoms in total. The van der Waals surface area contributed by atoms with Crippen LogP contribution in [0.3, 0.4) is 0 Å². The minimum Gasteiger partial charge on any atom is -0.399 e. The first-order valence-electron chi connectivity index (χ1n) is 25.9. The monoisotopic (exact) mass is 1140 g/mol. The molecular weight excluding hydrogens is 1090 g/mol. The minimum absolute atomic E-state index is 0. The van der Waals surface area contributed by atoms with Crippen molar-refractivity contribution in [1.29, 1.82) is 0 Å². The molecule has 6 N–H and O–H groups in total. The lowest BCUT2D eigenvalue weighted by atomic mass is 9.78. The molecule has 1 saturated heterocycles. The van der Waals surface area contributed by atoms with Crippen LogP contribution in [0, 0.1) is 0 Å². The summed E-state index contributed by atoms with van der Waals surface area (Å²) in [6, 6.07) is 29.5. The van der Waals surface area contributed by atoms with E-state index in [-0.39, 0.29) is 74.8 Å². The molecule has 9 heterocycles. The summed E-state index contributed by atoms with van der Waals surface area (Å²) >= 11 is 0. The maximum atomic E-state index is 12.8. The number of hydrogen-bond acceptors (Lipinski definition) is 16. The van der Waals surface area contributed by atoms with E-state index < -0.39 is 18.3 Å². The molecule has 11 aromatic rings. The molecule has 3 aliphatic heterocycles. The predicted molar refractivity (Wildman–Crippen MR) is 318 cm³/mol. The third-order valence-corrected chi connectivity index (χ3v) is 14.7. The van der Waals surface area contributed by atoms with Crippen LogP contribution >= 0.6 is 0 Å². The average Bonchev–Trinajstić information content (AvgIpc) is 2.36. The van der Waals surface area contributed by atoms with Crippen LogP contribution in [-0.2, 0) is 28.9 Å². The number of rotatable bonds is 8. The molecule has 4 amide bonds. The van der Waals surface area contributed by atoms with Gasteiger partial charge in [0, 0.05) is 71.3 Å². The number of fused-ring (bicyclic) bond motifs is 5. The Morgan fingerprint density at radius 2 is 0.894 bits per heavy atom. The fraction of sp³-hybridized carbons (Fsp3) is 0.183. The number of nitrogens with two attached hydrogens (primary N) is 1. The number of imide groups is 2. The maximum Gasteiger partial charge on any atom is 0.494 e. The smallest absolute Gasteiger partial charge is 0.399 e. The second-order valence-electron chi connectivity index (χ2n) is 20.2. The number of hydrogen-bond donors (Lipinski definition) is 5. The van der Waals surface area contributed by atoms with Crippen LogP contribution in [0.15, 0.2) is 174 Å². The summed E-state index contributed by atoms with van der Waals surface area (Å²) in [4.78, 5) is 104. The summed E-state index contributed by atoms with van der Waals surface area (Å²) in [5, 5.41) is 22.9. The molecule has 0 radical (unpaired) electrons. The van der Waals surface area contributed by atoms with Gasteiger partial charge in [0.25, 0.3) is 40.3 Å². The van der Waals surface area contributed by atoms with E-state index in [1.165, 1.54) is 0 Å². The van der Waals surface area contributed by atoms with Gasteiger partial charge in [-0.3, -0.25) is 43.4 Å². The second kappa shape index (κ2) is 24.1. The Balaban J connectivity index is 0.000000149. The van der Waals surface area contributed by atoms with E-state index in [0.29, 0.717) is 66.3 Å². The average molecular weight is 1140 g/mol. The number of H-pyrrole nitrogens is 4. The Hall–Kier alpha value is -10.6. The molecule has 5 aromatic carbocycles. The molecule has 0 atom stereocenters. The first kappa shape index (κ1) is 59.0. The standard InChI is InChI=1S/C23H22BN3O5.C20H13N5O3.C12H11N5O.C3H4N2.2CH4/c1-22(2)23(3,4)32-24(31-22)13-9-10-14-17(11-13)18(25-26-19(14)28)12-27-20(29)15-7-5-6-8-16(15)21(27)30;26-18-13-6-5-12(24-8-7-21-11-24)9-16(13)17(22-23-18)10-25-19(27)14-3-1-2-4-15(14)20(25)28;13-6-11-10-5-8(17-4-3-14-7-17)1-2-9(10)12(18)16-15-11;1-2-5-3-4-1;;/h5-11H,12H2,1-4H3,(H,26,28);1-9,11H,10H2,(H,23,26);1-5,7H,6,13H2,(H,16,18);1-3H,(H,4,5);2*1H4. The number of nitrogens with one attached hydrogen (secondary N) is 4. The number of benzene rings is 5. The van der Waals surface area contributed by atoms with Crippen LogP contribution in [0.1, 0.15) is 101 Å². The van der Waals surface area contributed by atoms with Crippen molar-refractivity contribution in [3.05, 3.63) is 230 Å². The molecule has 25 heteroatoms. The lowest BCUT2D eigenvalue weighted by Gasteiger charge is -2.32. The lowest BCUT2D eigenvalue weighted by Crippen LogP contribution is -2.41. The van der Waals surface area contributed by atoms with Crippen molar-refractivity contribution in [2.75, 3.05) is 0 Å². The fourth-order valence-corrected chi connectivity index (χ4v) is 9.60. The second-order valence-corrected chi connectivity index (χ2v) is 20.2. The molecule has 0 unspecified atom stereocenters. The van der Waals surface area contributed by atoms with Crippen LogP contribution in [0.5, 0.6) is 0 Å². The normalized spacial score (nSPS) is 14.4. The van der Waals surface area contributed by atoms with Crippen molar-refractivity contribution >= 4 is 68.5 Å². The van der Waals surface area contributed by atoms with Gasteiger partial charge in [-0.25, -0.2) is 30.2 Å². The highest BCUT2D eigenvalue weighted by Crippen LogP contribution is 2.37. The topological polar surface area (TPSA) is 321 Å². The third kappa shape index (κ3) is 11.4. The van der Waals surface area contributed by atoms with Crippen molar-refractivity contribution in [3.63, 3.8) is 0 Å². The molecule has 14 rings (SSSR count). The van der Waals surface area contributed by atoms with Gasteiger partial charge in [-0.15, -0.1) is 0 Å². The molecule has 430 valence electrons. The maximum absolute atomic E-state index is 12.8. The number of amides is 4. The highest BCUT2D eigenvalue weighted by atomic mass is 16.7. The van der Waals surface area contributed by atoms with Gasteiger partial charge in [-0.05, 0) is 99.9 Å². The van der Waals surface area contributed by atoms with Gasteiger partial charge in [0.05, 0.1) is 98.8 Å². The zero-order valence-electron chi connectivity index (χ0n) is 44.9. The minimum atomic E-state index is -0.615. The SMILES string of the molecule is C.C.CC1(C)OB(c2ccc3c(=O)[nH]nc(CN4C(=O)c5ccccc5C4=O)c3c2)OC1(C)C.NCc1n[nH]c(=O)c2ccc(-n3ccnc3)cc12.O=C1c2ccccc2C(=O)N1Cc1n[nH]c(=O)c2ccc(-n3ccnc3)cc12.c1c[nH]cn1. The highest BCUT2D eigenvalue weighted by molar-refractivity contribution is 6.62.